The molecule has 0 aliphatic heterocycles. The van der Waals surface area contributed by atoms with Crippen LogP contribution >= 0.6 is 0 Å². The summed E-state index contributed by atoms with van der Waals surface area (Å²) in [5, 5.41) is 14.6. The Morgan fingerprint density at radius 1 is 1.11 bits per heavy atom. The largest absolute Gasteiger partial charge is 0.350 e. The zero-order valence-electron chi connectivity index (χ0n) is 15.9. The molecule has 1 rings (SSSR count). The summed E-state index contributed by atoms with van der Waals surface area (Å²) in [6, 6.07) is 3.70. The van der Waals surface area contributed by atoms with Crippen molar-refractivity contribution in [1.82, 2.24) is 16.0 Å². The van der Waals surface area contributed by atoms with Gasteiger partial charge in [0.2, 0.25) is 17.7 Å². The maximum atomic E-state index is 12.9. The fourth-order valence-electron chi connectivity index (χ4n) is 2.25. The molecular formula is C19H25FN4O4. The number of nitrogens with one attached hydrogen (secondary N) is 4. The number of benzene rings is 1. The molecule has 0 fully saturated rings. The van der Waals surface area contributed by atoms with Crippen LogP contribution in [0.5, 0.6) is 0 Å². The van der Waals surface area contributed by atoms with E-state index in [0.29, 0.717) is 11.8 Å². The van der Waals surface area contributed by atoms with Crippen LogP contribution in [0.1, 0.15) is 38.7 Å². The highest BCUT2D eigenvalue weighted by molar-refractivity contribution is 6.26. The highest BCUT2D eigenvalue weighted by atomic mass is 19.1. The Morgan fingerprint density at radius 3 is 2.32 bits per heavy atom. The molecule has 8 nitrogen and oxygen atoms in total. The van der Waals surface area contributed by atoms with Crippen LogP contribution in [0.2, 0.25) is 0 Å². The summed E-state index contributed by atoms with van der Waals surface area (Å²) in [5.74, 6) is -2.26. The zero-order chi connectivity index (χ0) is 21.1. The number of hydrogen-bond donors (Lipinski definition) is 4. The molecule has 4 N–H and O–H groups in total. The van der Waals surface area contributed by atoms with E-state index in [9.17, 15) is 23.6 Å². The van der Waals surface area contributed by atoms with Gasteiger partial charge in [-0.05, 0) is 31.0 Å². The SMILES string of the molecule is CCC(=O)N[C@@H](C)C(=O)N[C@@H](CCC(=O)C=N)C(=O)NCc1ccc(F)cc1. The third-order valence-corrected chi connectivity index (χ3v) is 3.95. The fraction of sp³-hybridized carbons (Fsp3) is 0.421. The second kappa shape index (κ2) is 11.6. The third-order valence-electron chi connectivity index (χ3n) is 3.95. The zero-order valence-corrected chi connectivity index (χ0v) is 15.9. The number of ketones is 1. The van der Waals surface area contributed by atoms with Crippen LogP contribution in [0.15, 0.2) is 24.3 Å². The number of amides is 3. The van der Waals surface area contributed by atoms with Gasteiger partial charge in [-0.25, -0.2) is 4.39 Å². The van der Waals surface area contributed by atoms with Crippen LogP contribution < -0.4 is 16.0 Å². The molecule has 3 amide bonds. The van der Waals surface area contributed by atoms with Crippen LogP contribution in [0.3, 0.4) is 0 Å². The molecule has 0 radical (unpaired) electrons. The molecule has 0 aromatic heterocycles. The van der Waals surface area contributed by atoms with Crippen LogP contribution in [-0.4, -0.2) is 41.8 Å². The number of Topliss-reactive ketones (excluding diaryl/α,β-unsaturated/α-hetero) is 1. The quantitative estimate of drug-likeness (QED) is 0.416. The molecule has 2 atom stereocenters. The maximum absolute atomic E-state index is 12.9. The van der Waals surface area contributed by atoms with Gasteiger partial charge >= 0.3 is 0 Å². The lowest BCUT2D eigenvalue weighted by Crippen LogP contribution is -2.52. The van der Waals surface area contributed by atoms with Crippen LogP contribution in [0.25, 0.3) is 0 Å². The lowest BCUT2D eigenvalue weighted by Gasteiger charge is -2.21. The summed E-state index contributed by atoms with van der Waals surface area (Å²) in [6.45, 7) is 3.25. The minimum Gasteiger partial charge on any atom is -0.350 e. The van der Waals surface area contributed by atoms with Crippen molar-refractivity contribution < 1.29 is 23.6 Å². The highest BCUT2D eigenvalue weighted by Gasteiger charge is 2.24. The Hall–Kier alpha value is -3.10. The summed E-state index contributed by atoms with van der Waals surface area (Å²) in [4.78, 5) is 47.5. The van der Waals surface area contributed by atoms with E-state index >= 15 is 0 Å². The van der Waals surface area contributed by atoms with Gasteiger partial charge < -0.3 is 21.4 Å². The number of carbonyl (C=O) groups is 4. The molecule has 0 saturated carbocycles. The molecule has 9 heteroatoms. The second-order valence-electron chi connectivity index (χ2n) is 6.20. The first-order chi connectivity index (χ1) is 13.3. The lowest BCUT2D eigenvalue weighted by atomic mass is 10.1. The topological polar surface area (TPSA) is 128 Å². The van der Waals surface area contributed by atoms with Gasteiger partial charge in [-0.15, -0.1) is 0 Å². The summed E-state index contributed by atoms with van der Waals surface area (Å²) < 4.78 is 12.9. The predicted molar refractivity (Wildman–Crippen MR) is 101 cm³/mol. The summed E-state index contributed by atoms with van der Waals surface area (Å²) >= 11 is 0. The molecule has 0 aliphatic carbocycles. The molecule has 1 aromatic carbocycles. The molecule has 0 saturated heterocycles. The van der Waals surface area contributed by atoms with Crippen molar-refractivity contribution in [3.8, 4) is 0 Å². The van der Waals surface area contributed by atoms with Gasteiger partial charge in [-0.2, -0.15) is 0 Å². The fourth-order valence-corrected chi connectivity index (χ4v) is 2.25. The van der Waals surface area contributed by atoms with Gasteiger partial charge in [0, 0.05) is 19.4 Å². The molecule has 0 aliphatic rings. The summed E-state index contributed by atoms with van der Waals surface area (Å²) in [7, 11) is 0. The first kappa shape index (κ1) is 22.9. The Morgan fingerprint density at radius 2 is 1.75 bits per heavy atom. The smallest absolute Gasteiger partial charge is 0.242 e. The molecule has 0 spiro atoms. The standard InChI is InChI=1S/C19H25FN4O4/c1-3-17(26)23-12(2)18(27)24-16(9-8-15(25)10-21)19(28)22-11-13-4-6-14(20)7-5-13/h4-7,10,12,16,21H,3,8-9,11H2,1-2H3,(H,22,28)(H,23,26)(H,24,27)/t12-,16-/m0/s1. The molecular weight excluding hydrogens is 367 g/mol. The van der Waals surface area contributed by atoms with E-state index in [-0.39, 0.29) is 31.7 Å². The van der Waals surface area contributed by atoms with E-state index in [1.165, 1.54) is 31.2 Å². The molecule has 152 valence electrons. The van der Waals surface area contributed by atoms with Crippen molar-refractivity contribution in [3.05, 3.63) is 35.6 Å². The third kappa shape index (κ3) is 8.07. The van der Waals surface area contributed by atoms with E-state index in [1.807, 2.05) is 0 Å². The number of hydrogen-bond acceptors (Lipinski definition) is 5. The minimum atomic E-state index is -1.02. The predicted octanol–water partition coefficient (Wildman–Crippen LogP) is 0.840. The van der Waals surface area contributed by atoms with Gasteiger partial charge in [0.15, 0.2) is 5.78 Å². The Kier molecular flexibility index (Phi) is 9.49. The van der Waals surface area contributed by atoms with E-state index in [2.05, 4.69) is 16.0 Å². The average Bonchev–Trinajstić information content (AvgIpc) is 2.69. The molecule has 1 aromatic rings. The lowest BCUT2D eigenvalue weighted by molar-refractivity contribution is -0.132. The van der Waals surface area contributed by atoms with Crippen LogP contribution in [0, 0.1) is 11.2 Å². The highest BCUT2D eigenvalue weighted by Crippen LogP contribution is 2.04. The van der Waals surface area contributed by atoms with Gasteiger partial charge in [0.05, 0.1) is 6.21 Å². The Balaban J connectivity index is 2.73. The van der Waals surface area contributed by atoms with Gasteiger partial charge in [-0.3, -0.25) is 19.2 Å². The van der Waals surface area contributed by atoms with E-state index < -0.39 is 35.5 Å². The van der Waals surface area contributed by atoms with Crippen molar-refractivity contribution in [2.75, 3.05) is 0 Å². The van der Waals surface area contributed by atoms with Crippen molar-refractivity contribution >= 4 is 29.7 Å². The first-order valence-electron chi connectivity index (χ1n) is 8.92. The van der Waals surface area contributed by atoms with Crippen LogP contribution in [0.4, 0.5) is 4.39 Å². The molecule has 0 bridgehead atoms. The Labute approximate surface area is 162 Å². The number of rotatable bonds is 11. The van der Waals surface area contributed by atoms with Gasteiger partial charge in [0.1, 0.15) is 17.9 Å². The molecule has 0 heterocycles. The minimum absolute atomic E-state index is 0.00362. The Bertz CT molecular complexity index is 721. The first-order valence-corrected chi connectivity index (χ1v) is 8.92. The summed E-state index contributed by atoms with van der Waals surface area (Å²) in [5.41, 5.74) is 0.666. The normalized spacial score (nSPS) is 12.4. The van der Waals surface area contributed by atoms with Crippen molar-refractivity contribution in [3.63, 3.8) is 0 Å². The molecule has 28 heavy (non-hydrogen) atoms. The molecule has 0 unspecified atom stereocenters. The van der Waals surface area contributed by atoms with Crippen molar-refractivity contribution in [2.24, 2.45) is 0 Å². The maximum Gasteiger partial charge on any atom is 0.242 e. The average molecular weight is 392 g/mol. The van der Waals surface area contributed by atoms with Gasteiger partial charge in [-0.1, -0.05) is 19.1 Å². The van der Waals surface area contributed by atoms with Crippen LogP contribution in [-0.2, 0) is 25.7 Å². The van der Waals surface area contributed by atoms with Gasteiger partial charge in [0.25, 0.3) is 0 Å². The van der Waals surface area contributed by atoms with E-state index in [1.54, 1.807) is 6.92 Å². The van der Waals surface area contributed by atoms with Crippen molar-refractivity contribution in [1.29, 1.82) is 5.41 Å². The second-order valence-corrected chi connectivity index (χ2v) is 6.20. The monoisotopic (exact) mass is 392 g/mol. The number of halogens is 1. The van der Waals surface area contributed by atoms with E-state index in [4.69, 9.17) is 5.41 Å². The van der Waals surface area contributed by atoms with E-state index in [0.717, 1.165) is 0 Å². The number of carbonyl (C=O) groups excluding carboxylic acids is 4. The van der Waals surface area contributed by atoms with Crippen molar-refractivity contribution in [2.45, 2.75) is 51.7 Å². The summed E-state index contributed by atoms with van der Waals surface area (Å²) in [6.07, 6.45) is 0.782.